The summed E-state index contributed by atoms with van der Waals surface area (Å²) < 4.78 is 18.7. The molecule has 2 atom stereocenters. The maximum Gasteiger partial charge on any atom is 0.326 e. The van der Waals surface area contributed by atoms with Crippen molar-refractivity contribution in [1.82, 2.24) is 25.4 Å². The van der Waals surface area contributed by atoms with Crippen LogP contribution in [0.2, 0.25) is 5.15 Å². The summed E-state index contributed by atoms with van der Waals surface area (Å²) in [6.45, 7) is 1.67. The highest BCUT2D eigenvalue weighted by atomic mass is 35.5. The third kappa shape index (κ3) is 7.46. The smallest absolute Gasteiger partial charge is 0.326 e. The number of anilines is 1. The number of ether oxygens (including phenoxy) is 1. The van der Waals surface area contributed by atoms with Crippen molar-refractivity contribution in [2.24, 2.45) is 0 Å². The zero-order valence-electron chi connectivity index (χ0n) is 22.3. The lowest BCUT2D eigenvalue weighted by Gasteiger charge is -2.27. The second-order valence-electron chi connectivity index (χ2n) is 10.4. The number of hydrogen-bond acceptors (Lipinski definition) is 7. The van der Waals surface area contributed by atoms with Gasteiger partial charge >= 0.3 is 5.97 Å². The number of rotatable bonds is 16. The van der Waals surface area contributed by atoms with E-state index in [2.05, 4.69) is 33.0 Å². The summed E-state index contributed by atoms with van der Waals surface area (Å²) in [4.78, 5) is 31.9. The molecule has 2 aromatic rings. The van der Waals surface area contributed by atoms with Gasteiger partial charge in [0.15, 0.2) is 0 Å². The number of H-pyrrole nitrogens is 1. The fraction of sp³-hybridized carbons (Fsp3) is 0.630. The summed E-state index contributed by atoms with van der Waals surface area (Å²) in [5, 5.41) is 22.7. The Morgan fingerprint density at radius 2 is 2.13 bits per heavy atom. The van der Waals surface area contributed by atoms with Gasteiger partial charge in [0.05, 0.1) is 17.7 Å². The monoisotopic (exact) mass is 564 g/mol. The number of fused-ring (bicyclic) bond motifs is 1. The van der Waals surface area contributed by atoms with Gasteiger partial charge in [-0.1, -0.05) is 17.7 Å². The van der Waals surface area contributed by atoms with Crippen LogP contribution in [0.5, 0.6) is 0 Å². The molecule has 2 aromatic heterocycles. The number of halogens is 2. The molecule has 0 aromatic carbocycles. The number of amides is 1. The lowest BCUT2D eigenvalue weighted by molar-refractivity contribution is -0.142. The van der Waals surface area contributed by atoms with Gasteiger partial charge in [-0.25, -0.2) is 14.2 Å². The van der Waals surface area contributed by atoms with Crippen LogP contribution in [0, 0.1) is 0 Å². The number of alkyl halides is 1. The number of pyridine rings is 1. The maximum absolute atomic E-state index is 13.4. The number of methoxy groups -OCH3 is 1. The number of hydrogen-bond donors (Lipinski definition) is 4. The molecule has 39 heavy (non-hydrogen) atoms. The van der Waals surface area contributed by atoms with Crippen molar-refractivity contribution in [2.45, 2.75) is 68.9 Å². The van der Waals surface area contributed by atoms with Crippen LogP contribution < -0.4 is 10.6 Å². The third-order valence-electron chi connectivity index (χ3n) is 7.71. The van der Waals surface area contributed by atoms with Crippen LogP contribution in [0.1, 0.15) is 55.3 Å². The average molecular weight is 565 g/mol. The summed E-state index contributed by atoms with van der Waals surface area (Å²) >= 11 is 6.15. The molecule has 4 N–H and O–H groups in total. The third-order valence-corrected chi connectivity index (χ3v) is 7.99. The standard InChI is InChI=1S/C27H38ClFN6O4/c1-39-20(15-29)17-35(13-3-2-6-19-8-7-18-5-4-12-30-24(18)32-19)14-9-22(25(36)37)33-26(38)27(10-11-27)21-16-31-34-23(21)28/h7-8,16,20,22H,2-6,9-15,17H2,1H3,(H,30,32)(H,31,34)(H,33,38)(H,36,37). The van der Waals surface area contributed by atoms with E-state index in [0.29, 0.717) is 43.2 Å². The second kappa shape index (κ2) is 13.5. The molecule has 1 saturated carbocycles. The lowest BCUT2D eigenvalue weighted by Crippen LogP contribution is -2.47. The van der Waals surface area contributed by atoms with Crippen molar-refractivity contribution in [2.75, 3.05) is 45.3 Å². The highest BCUT2D eigenvalue weighted by Gasteiger charge is 2.53. The predicted octanol–water partition coefficient (Wildman–Crippen LogP) is 3.12. The quantitative estimate of drug-likeness (QED) is 0.229. The van der Waals surface area contributed by atoms with Crippen molar-refractivity contribution in [3.63, 3.8) is 0 Å². The fourth-order valence-corrected chi connectivity index (χ4v) is 5.41. The molecule has 12 heteroatoms. The van der Waals surface area contributed by atoms with Crippen LogP contribution in [0.3, 0.4) is 0 Å². The highest BCUT2D eigenvalue weighted by molar-refractivity contribution is 6.30. The molecule has 4 rings (SSSR count). The molecule has 1 fully saturated rings. The Kier molecular flexibility index (Phi) is 10.1. The first-order valence-corrected chi connectivity index (χ1v) is 14.0. The lowest BCUT2D eigenvalue weighted by atomic mass is 9.97. The van der Waals surface area contributed by atoms with Crippen LogP contribution in [-0.2, 0) is 32.6 Å². The van der Waals surface area contributed by atoms with Crippen LogP contribution in [0.25, 0.3) is 0 Å². The highest BCUT2D eigenvalue weighted by Crippen LogP contribution is 2.50. The number of carboxylic acid groups (broad SMARTS) is 1. The van der Waals surface area contributed by atoms with Gasteiger partial charge in [0.1, 0.15) is 23.7 Å². The molecule has 1 aliphatic heterocycles. The van der Waals surface area contributed by atoms with Gasteiger partial charge in [-0.15, -0.1) is 0 Å². The first-order chi connectivity index (χ1) is 18.9. The normalized spacial score (nSPS) is 17.2. The molecule has 2 aliphatic rings. The molecule has 0 saturated heterocycles. The van der Waals surface area contributed by atoms with E-state index in [-0.39, 0.29) is 12.3 Å². The molecule has 3 heterocycles. The summed E-state index contributed by atoms with van der Waals surface area (Å²) in [6, 6.07) is 3.14. The van der Waals surface area contributed by atoms with Crippen LogP contribution in [-0.4, -0.2) is 89.2 Å². The van der Waals surface area contributed by atoms with Gasteiger partial charge in [0.25, 0.3) is 0 Å². The maximum atomic E-state index is 13.4. The van der Waals surface area contributed by atoms with Crippen molar-refractivity contribution >= 4 is 29.3 Å². The molecule has 0 bridgehead atoms. The summed E-state index contributed by atoms with van der Waals surface area (Å²) in [7, 11) is 1.47. The van der Waals surface area contributed by atoms with E-state index < -0.39 is 30.2 Å². The molecule has 1 aliphatic carbocycles. The van der Waals surface area contributed by atoms with Crippen molar-refractivity contribution in [1.29, 1.82) is 0 Å². The molecule has 2 unspecified atom stereocenters. The zero-order valence-corrected chi connectivity index (χ0v) is 23.1. The first kappa shape index (κ1) is 29.2. The molecule has 0 radical (unpaired) electrons. The van der Waals surface area contributed by atoms with E-state index in [1.165, 1.54) is 18.9 Å². The van der Waals surface area contributed by atoms with Gasteiger partial charge in [-0.3, -0.25) is 9.89 Å². The molecule has 214 valence electrons. The second-order valence-corrected chi connectivity index (χ2v) is 10.8. The zero-order chi connectivity index (χ0) is 27.8. The topological polar surface area (TPSA) is 132 Å². The minimum absolute atomic E-state index is 0.178. The first-order valence-electron chi connectivity index (χ1n) is 13.6. The Hall–Kier alpha value is -2.76. The van der Waals surface area contributed by atoms with E-state index in [4.69, 9.17) is 21.3 Å². The van der Waals surface area contributed by atoms with Crippen LogP contribution in [0.15, 0.2) is 18.3 Å². The van der Waals surface area contributed by atoms with E-state index >= 15 is 0 Å². The SMILES string of the molecule is COC(CF)CN(CCCCc1ccc2c(n1)NCCC2)CCC(NC(=O)C1(c2cn[nH]c2Cl)CC1)C(=O)O. The van der Waals surface area contributed by atoms with Gasteiger partial charge < -0.3 is 25.4 Å². The Balaban J connectivity index is 1.30. The van der Waals surface area contributed by atoms with Crippen molar-refractivity contribution < 1.29 is 23.8 Å². The largest absolute Gasteiger partial charge is 0.480 e. The predicted molar refractivity (Wildman–Crippen MR) is 146 cm³/mol. The number of carbonyl (C=O) groups excluding carboxylic acids is 1. The van der Waals surface area contributed by atoms with Crippen molar-refractivity contribution in [3.8, 4) is 0 Å². The summed E-state index contributed by atoms with van der Waals surface area (Å²) in [5.74, 6) is -0.496. The molecule has 0 spiro atoms. The minimum atomic E-state index is -1.11. The summed E-state index contributed by atoms with van der Waals surface area (Å²) in [5.41, 5.74) is 2.04. The Morgan fingerprint density at radius 3 is 2.79 bits per heavy atom. The fourth-order valence-electron chi connectivity index (χ4n) is 5.13. The number of carboxylic acids is 1. The summed E-state index contributed by atoms with van der Waals surface area (Å²) in [6.07, 6.45) is 6.98. The number of aryl methyl sites for hydroxylation is 2. The Bertz CT molecular complexity index is 1120. The van der Waals surface area contributed by atoms with Crippen LogP contribution >= 0.6 is 11.6 Å². The molecular formula is C27H38ClFN6O4. The average Bonchev–Trinajstić information content (AvgIpc) is 3.64. The van der Waals surface area contributed by atoms with Crippen LogP contribution in [0.4, 0.5) is 10.2 Å². The van der Waals surface area contributed by atoms with Gasteiger partial charge in [-0.2, -0.15) is 5.10 Å². The number of aromatic nitrogens is 3. The van der Waals surface area contributed by atoms with Gasteiger partial charge in [-0.05, 0) is 69.5 Å². The van der Waals surface area contributed by atoms with Gasteiger partial charge in [0, 0.05) is 38.0 Å². The van der Waals surface area contributed by atoms with E-state index in [9.17, 15) is 19.1 Å². The number of carbonyl (C=O) groups is 2. The van der Waals surface area contributed by atoms with Crippen molar-refractivity contribution in [3.05, 3.63) is 40.3 Å². The Morgan fingerprint density at radius 1 is 1.31 bits per heavy atom. The molecular weight excluding hydrogens is 527 g/mol. The molecule has 1 amide bonds. The number of aromatic amines is 1. The number of unbranched alkanes of at least 4 members (excludes halogenated alkanes) is 1. The van der Waals surface area contributed by atoms with E-state index in [1.807, 2.05) is 4.90 Å². The minimum Gasteiger partial charge on any atom is -0.480 e. The van der Waals surface area contributed by atoms with Gasteiger partial charge in [0.2, 0.25) is 5.91 Å². The number of nitrogens with zero attached hydrogens (tertiary/aromatic N) is 3. The Labute approximate surface area is 233 Å². The number of aliphatic carboxylic acids is 1. The van der Waals surface area contributed by atoms with E-state index in [1.54, 1.807) is 0 Å². The number of nitrogens with one attached hydrogen (secondary N) is 3. The molecule has 10 nitrogen and oxygen atoms in total. The van der Waals surface area contributed by atoms with E-state index in [0.717, 1.165) is 50.2 Å².